The maximum Gasteiger partial charge on any atom is 0.334 e. The molecular formula is C37H43ClFNO3. The molecule has 43 heavy (non-hydrogen) atoms. The molecule has 1 aliphatic heterocycles. The lowest BCUT2D eigenvalue weighted by molar-refractivity contribution is -0.149. The van der Waals surface area contributed by atoms with E-state index in [2.05, 4.69) is 38.8 Å². The third kappa shape index (κ3) is 7.33. The summed E-state index contributed by atoms with van der Waals surface area (Å²) in [7, 11) is 2.08. The zero-order valence-corrected chi connectivity index (χ0v) is 27.4. The lowest BCUT2D eigenvalue weighted by Crippen LogP contribution is -2.25. The molecule has 0 aliphatic carbocycles. The maximum absolute atomic E-state index is 13.8. The third-order valence-electron chi connectivity index (χ3n) is 7.98. The van der Waals surface area contributed by atoms with Gasteiger partial charge < -0.3 is 14.4 Å². The number of carbonyl (C=O) groups excluding carboxylic acids is 1. The van der Waals surface area contributed by atoms with Crippen LogP contribution in [0.5, 0.6) is 5.75 Å². The molecule has 228 valence electrons. The van der Waals surface area contributed by atoms with Crippen molar-refractivity contribution in [2.24, 2.45) is 0 Å². The Kier molecular flexibility index (Phi) is 10.1. The van der Waals surface area contributed by atoms with E-state index in [1.54, 1.807) is 6.07 Å². The number of rotatable bonds is 9. The van der Waals surface area contributed by atoms with E-state index in [4.69, 9.17) is 21.1 Å². The van der Waals surface area contributed by atoms with Gasteiger partial charge in [-0.05, 0) is 119 Å². The third-order valence-corrected chi connectivity index (χ3v) is 8.30. The first kappa shape index (κ1) is 32.3. The summed E-state index contributed by atoms with van der Waals surface area (Å²) in [5.41, 5.74) is 7.49. The SMILES string of the molecule is CC/C(C(=O)OC(C)(C)C)=C(/CCCOc1cccc2cc(F)ccc12)c1ccc(Cl)c(C2=C(C)N(C)CC=C2C)c1C. The number of benzene rings is 3. The highest BCUT2D eigenvalue weighted by atomic mass is 35.5. The van der Waals surface area contributed by atoms with Crippen molar-refractivity contribution in [3.63, 3.8) is 0 Å². The predicted molar refractivity (Wildman–Crippen MR) is 177 cm³/mol. The predicted octanol–water partition coefficient (Wildman–Crippen LogP) is 9.93. The lowest BCUT2D eigenvalue weighted by Gasteiger charge is -2.30. The van der Waals surface area contributed by atoms with Gasteiger partial charge in [0.25, 0.3) is 0 Å². The summed E-state index contributed by atoms with van der Waals surface area (Å²) in [5, 5.41) is 2.34. The Hall–Kier alpha value is -3.57. The number of hydrogen-bond acceptors (Lipinski definition) is 4. The van der Waals surface area contributed by atoms with Crippen molar-refractivity contribution in [3.05, 3.63) is 99.0 Å². The van der Waals surface area contributed by atoms with Crippen LogP contribution in [-0.4, -0.2) is 36.7 Å². The largest absolute Gasteiger partial charge is 0.493 e. The summed E-state index contributed by atoms with van der Waals surface area (Å²) in [4.78, 5) is 15.8. The molecule has 0 bridgehead atoms. The molecule has 0 atom stereocenters. The van der Waals surface area contributed by atoms with E-state index in [0.717, 1.165) is 45.2 Å². The number of carbonyl (C=O) groups is 1. The molecule has 6 heteroatoms. The average molecular weight is 604 g/mol. The molecule has 0 amide bonds. The van der Waals surface area contributed by atoms with Crippen molar-refractivity contribution in [1.82, 2.24) is 4.90 Å². The van der Waals surface area contributed by atoms with Gasteiger partial charge in [-0.25, -0.2) is 9.18 Å². The van der Waals surface area contributed by atoms with Gasteiger partial charge in [-0.1, -0.05) is 42.8 Å². The number of fused-ring (bicyclic) bond motifs is 1. The number of esters is 1. The summed E-state index contributed by atoms with van der Waals surface area (Å²) >= 11 is 6.90. The highest BCUT2D eigenvalue weighted by molar-refractivity contribution is 6.33. The van der Waals surface area contributed by atoms with Gasteiger partial charge in [-0.3, -0.25) is 0 Å². The second-order valence-corrected chi connectivity index (χ2v) is 12.6. The number of allylic oxidation sites excluding steroid dienone is 4. The Balaban J connectivity index is 1.73. The van der Waals surface area contributed by atoms with E-state index >= 15 is 0 Å². The van der Waals surface area contributed by atoms with Crippen LogP contribution in [0.25, 0.3) is 21.9 Å². The molecule has 0 aromatic heterocycles. The summed E-state index contributed by atoms with van der Waals surface area (Å²) in [6, 6.07) is 14.3. The fourth-order valence-corrected chi connectivity index (χ4v) is 6.03. The average Bonchev–Trinajstić information content (AvgIpc) is 2.93. The quantitative estimate of drug-likeness (QED) is 0.139. The highest BCUT2D eigenvalue weighted by Crippen LogP contribution is 2.41. The smallest absolute Gasteiger partial charge is 0.334 e. The molecule has 0 fully saturated rings. The van der Waals surface area contributed by atoms with Crippen LogP contribution < -0.4 is 4.74 Å². The Morgan fingerprint density at radius 1 is 1.07 bits per heavy atom. The standard InChI is InChI=1S/C37H43ClFNO3/c1-9-28(36(41)43-37(5,6)7)31(13-11-21-42-33-14-10-12-26-22-27(39)15-16-30(26)33)29-17-18-32(38)35(24(29)3)34-23(2)19-20-40(8)25(34)4/h10,12,14-19,22H,9,11,13,20-21H2,1-8H3/b31-28+. The highest BCUT2D eigenvalue weighted by Gasteiger charge is 2.26. The molecule has 4 rings (SSSR count). The van der Waals surface area contributed by atoms with Gasteiger partial charge in [0.15, 0.2) is 0 Å². The first-order valence-electron chi connectivity index (χ1n) is 15.0. The molecule has 0 unspecified atom stereocenters. The van der Waals surface area contributed by atoms with Crippen LogP contribution in [0.15, 0.2) is 71.5 Å². The molecule has 0 radical (unpaired) electrons. The fourth-order valence-electron chi connectivity index (χ4n) is 5.73. The zero-order chi connectivity index (χ0) is 31.5. The van der Waals surface area contributed by atoms with Crippen molar-refractivity contribution in [1.29, 1.82) is 0 Å². The zero-order valence-electron chi connectivity index (χ0n) is 26.7. The van der Waals surface area contributed by atoms with Gasteiger partial charge in [0.1, 0.15) is 17.2 Å². The molecule has 4 nitrogen and oxygen atoms in total. The van der Waals surface area contributed by atoms with Crippen LogP contribution in [-0.2, 0) is 9.53 Å². The van der Waals surface area contributed by atoms with Crippen molar-refractivity contribution in [3.8, 4) is 5.75 Å². The Morgan fingerprint density at radius 2 is 1.81 bits per heavy atom. The van der Waals surface area contributed by atoms with Gasteiger partial charge in [-0.2, -0.15) is 0 Å². The Morgan fingerprint density at radius 3 is 2.51 bits per heavy atom. The van der Waals surface area contributed by atoms with Crippen molar-refractivity contribution in [2.45, 2.75) is 73.3 Å². The van der Waals surface area contributed by atoms with Gasteiger partial charge in [0, 0.05) is 46.4 Å². The van der Waals surface area contributed by atoms with E-state index in [-0.39, 0.29) is 11.8 Å². The monoisotopic (exact) mass is 603 g/mol. The number of hydrogen-bond donors (Lipinski definition) is 0. The summed E-state index contributed by atoms with van der Waals surface area (Å²) in [5.74, 6) is 0.131. The summed E-state index contributed by atoms with van der Waals surface area (Å²) in [6.07, 6.45) is 4.02. The van der Waals surface area contributed by atoms with Gasteiger partial charge in [-0.15, -0.1) is 0 Å². The molecule has 3 aromatic rings. The minimum atomic E-state index is -0.615. The molecule has 0 saturated heterocycles. The second-order valence-electron chi connectivity index (χ2n) is 12.2. The first-order chi connectivity index (χ1) is 20.3. The summed E-state index contributed by atoms with van der Waals surface area (Å²) < 4.78 is 25.8. The minimum absolute atomic E-state index is 0.275. The Bertz CT molecular complexity index is 1630. The van der Waals surface area contributed by atoms with Crippen LogP contribution in [0.1, 0.15) is 77.5 Å². The van der Waals surface area contributed by atoms with Crippen LogP contribution >= 0.6 is 11.6 Å². The molecular weight excluding hydrogens is 561 g/mol. The molecule has 1 heterocycles. The normalized spacial score (nSPS) is 14.6. The van der Waals surface area contributed by atoms with Crippen molar-refractivity contribution >= 4 is 39.5 Å². The van der Waals surface area contributed by atoms with Crippen LogP contribution in [0.3, 0.4) is 0 Å². The van der Waals surface area contributed by atoms with Crippen molar-refractivity contribution in [2.75, 3.05) is 20.2 Å². The van der Waals surface area contributed by atoms with Crippen molar-refractivity contribution < 1.29 is 18.7 Å². The van der Waals surface area contributed by atoms with Crippen LogP contribution in [0.4, 0.5) is 4.39 Å². The molecule has 0 saturated carbocycles. The van der Waals surface area contributed by atoms with Gasteiger partial charge in [0.05, 0.1) is 6.61 Å². The van der Waals surface area contributed by atoms with Gasteiger partial charge >= 0.3 is 5.97 Å². The molecule has 0 N–H and O–H groups in total. The van der Waals surface area contributed by atoms with Gasteiger partial charge in [0.2, 0.25) is 0 Å². The number of nitrogens with zero attached hydrogens (tertiary/aromatic N) is 1. The summed E-state index contributed by atoms with van der Waals surface area (Å²) in [6.45, 7) is 15.3. The second kappa shape index (κ2) is 13.4. The number of halogens is 2. The van der Waals surface area contributed by atoms with Crippen LogP contribution in [0.2, 0.25) is 5.02 Å². The fraction of sp³-hybridized carbons (Fsp3) is 0.378. The topological polar surface area (TPSA) is 38.8 Å². The van der Waals surface area contributed by atoms with Crippen LogP contribution in [0, 0.1) is 12.7 Å². The Labute approximate surface area is 260 Å². The van der Waals surface area contributed by atoms with E-state index in [9.17, 15) is 9.18 Å². The molecule has 3 aromatic carbocycles. The first-order valence-corrected chi connectivity index (χ1v) is 15.4. The minimum Gasteiger partial charge on any atom is -0.493 e. The van der Waals surface area contributed by atoms with E-state index < -0.39 is 5.60 Å². The van der Waals surface area contributed by atoms with E-state index in [1.807, 2.05) is 58.0 Å². The van der Waals surface area contributed by atoms with E-state index in [0.29, 0.717) is 42.2 Å². The maximum atomic E-state index is 13.8. The molecule has 1 aliphatic rings. The lowest BCUT2D eigenvalue weighted by atomic mass is 9.84. The number of likely N-dealkylation sites (N-methyl/N-ethyl adjacent to an activating group) is 1. The number of ether oxygens (including phenoxy) is 2. The molecule has 0 spiro atoms. The van der Waals surface area contributed by atoms with E-state index in [1.165, 1.54) is 23.4 Å².